The Morgan fingerprint density at radius 2 is 1.95 bits per heavy atom. The van der Waals surface area contributed by atoms with Gasteiger partial charge in [-0.2, -0.15) is 0 Å². The maximum atomic E-state index is 11.8. The standard InChI is InChI=1S/C16H31N3O/c1-12(19(3)11-13-6-4-5-7-13)10-16(2,15(17)20)18-14-8-9-14/h12-14,18H,4-11H2,1-3H3,(H2,17,20). The molecule has 2 aliphatic rings. The van der Waals surface area contributed by atoms with Crippen LogP contribution in [-0.4, -0.2) is 42.0 Å². The fourth-order valence-electron chi connectivity index (χ4n) is 3.44. The van der Waals surface area contributed by atoms with E-state index >= 15 is 0 Å². The summed E-state index contributed by atoms with van der Waals surface area (Å²) in [5.74, 6) is 0.629. The summed E-state index contributed by atoms with van der Waals surface area (Å²) in [4.78, 5) is 14.2. The highest BCUT2D eigenvalue weighted by Gasteiger charge is 2.38. The lowest BCUT2D eigenvalue weighted by atomic mass is 9.91. The zero-order valence-corrected chi connectivity index (χ0v) is 13.3. The van der Waals surface area contributed by atoms with Gasteiger partial charge in [0, 0.05) is 18.6 Å². The average Bonchev–Trinajstić information content (AvgIpc) is 3.02. The van der Waals surface area contributed by atoms with Crippen molar-refractivity contribution in [2.75, 3.05) is 13.6 Å². The minimum atomic E-state index is -0.565. The summed E-state index contributed by atoms with van der Waals surface area (Å²) in [6, 6.07) is 0.874. The normalized spacial score (nSPS) is 24.8. The first-order valence-corrected chi connectivity index (χ1v) is 8.18. The fraction of sp³-hybridized carbons (Fsp3) is 0.938. The van der Waals surface area contributed by atoms with Gasteiger partial charge in [-0.25, -0.2) is 0 Å². The Morgan fingerprint density at radius 1 is 1.35 bits per heavy atom. The van der Waals surface area contributed by atoms with Crippen molar-refractivity contribution in [2.24, 2.45) is 11.7 Å². The van der Waals surface area contributed by atoms with Crippen molar-refractivity contribution in [3.63, 3.8) is 0 Å². The second-order valence-corrected chi connectivity index (χ2v) is 7.26. The predicted molar refractivity (Wildman–Crippen MR) is 82.4 cm³/mol. The molecule has 0 radical (unpaired) electrons. The summed E-state index contributed by atoms with van der Waals surface area (Å²) >= 11 is 0. The minimum absolute atomic E-state index is 0.217. The van der Waals surface area contributed by atoms with Gasteiger partial charge in [0.1, 0.15) is 0 Å². The van der Waals surface area contributed by atoms with E-state index in [0.717, 1.165) is 18.9 Å². The smallest absolute Gasteiger partial charge is 0.237 e. The fourth-order valence-corrected chi connectivity index (χ4v) is 3.44. The molecule has 2 aliphatic carbocycles. The van der Waals surface area contributed by atoms with Gasteiger partial charge in [0.05, 0.1) is 5.54 Å². The van der Waals surface area contributed by atoms with E-state index in [1.807, 2.05) is 6.92 Å². The van der Waals surface area contributed by atoms with Crippen LogP contribution in [-0.2, 0) is 4.79 Å². The zero-order valence-electron chi connectivity index (χ0n) is 13.3. The molecular weight excluding hydrogens is 250 g/mol. The first-order chi connectivity index (χ1) is 9.40. The van der Waals surface area contributed by atoms with Crippen LogP contribution in [0.1, 0.15) is 58.8 Å². The van der Waals surface area contributed by atoms with Crippen molar-refractivity contribution in [1.82, 2.24) is 10.2 Å². The van der Waals surface area contributed by atoms with E-state index in [2.05, 4.69) is 24.2 Å². The van der Waals surface area contributed by atoms with Gasteiger partial charge in [-0.05, 0) is 58.9 Å². The van der Waals surface area contributed by atoms with Crippen LogP contribution in [0, 0.1) is 5.92 Å². The number of nitrogens with zero attached hydrogens (tertiary/aromatic N) is 1. The molecule has 2 rings (SSSR count). The van der Waals surface area contributed by atoms with Gasteiger partial charge >= 0.3 is 0 Å². The van der Waals surface area contributed by atoms with Crippen LogP contribution in [0.5, 0.6) is 0 Å². The van der Waals surface area contributed by atoms with Crippen molar-refractivity contribution < 1.29 is 4.79 Å². The summed E-state index contributed by atoms with van der Waals surface area (Å²) in [5, 5.41) is 3.44. The number of nitrogens with one attached hydrogen (secondary N) is 1. The Hall–Kier alpha value is -0.610. The number of carbonyl (C=O) groups is 1. The third kappa shape index (κ3) is 4.19. The lowest BCUT2D eigenvalue weighted by Gasteiger charge is -2.35. The average molecular weight is 281 g/mol. The van der Waals surface area contributed by atoms with Crippen molar-refractivity contribution in [3.8, 4) is 0 Å². The minimum Gasteiger partial charge on any atom is -0.368 e. The van der Waals surface area contributed by atoms with Gasteiger partial charge < -0.3 is 16.0 Å². The second-order valence-electron chi connectivity index (χ2n) is 7.26. The molecule has 0 aromatic carbocycles. The predicted octanol–water partition coefficient (Wildman–Crippen LogP) is 1.88. The number of primary amides is 1. The SMILES string of the molecule is CC(CC(C)(NC1CC1)C(N)=O)N(C)CC1CCCC1. The molecule has 2 fully saturated rings. The van der Waals surface area contributed by atoms with E-state index in [9.17, 15) is 4.79 Å². The molecule has 0 saturated heterocycles. The summed E-state index contributed by atoms with van der Waals surface area (Å²) in [7, 11) is 2.18. The first-order valence-electron chi connectivity index (χ1n) is 8.18. The Morgan fingerprint density at radius 3 is 2.45 bits per heavy atom. The highest BCUT2D eigenvalue weighted by Crippen LogP contribution is 2.28. The Balaban J connectivity index is 1.85. The third-order valence-electron chi connectivity index (χ3n) is 5.12. The highest BCUT2D eigenvalue weighted by molar-refractivity contribution is 5.84. The quantitative estimate of drug-likeness (QED) is 0.714. The van der Waals surface area contributed by atoms with Gasteiger partial charge in [0.15, 0.2) is 0 Å². The van der Waals surface area contributed by atoms with Crippen LogP contribution >= 0.6 is 0 Å². The van der Waals surface area contributed by atoms with E-state index < -0.39 is 5.54 Å². The number of hydrogen-bond donors (Lipinski definition) is 2. The van der Waals surface area contributed by atoms with Crippen molar-refractivity contribution >= 4 is 5.91 Å². The molecule has 0 spiro atoms. The van der Waals surface area contributed by atoms with E-state index in [1.54, 1.807) is 0 Å². The van der Waals surface area contributed by atoms with Gasteiger partial charge in [-0.3, -0.25) is 4.79 Å². The number of carbonyl (C=O) groups excluding carboxylic acids is 1. The monoisotopic (exact) mass is 281 g/mol. The number of hydrogen-bond acceptors (Lipinski definition) is 3. The lowest BCUT2D eigenvalue weighted by molar-refractivity contribution is -0.124. The lowest BCUT2D eigenvalue weighted by Crippen LogP contribution is -2.57. The van der Waals surface area contributed by atoms with E-state index in [0.29, 0.717) is 12.1 Å². The van der Waals surface area contributed by atoms with Gasteiger partial charge in [0.2, 0.25) is 5.91 Å². The first kappa shape index (κ1) is 15.8. The van der Waals surface area contributed by atoms with Crippen LogP contribution in [0.2, 0.25) is 0 Å². The summed E-state index contributed by atoms with van der Waals surface area (Å²) in [5.41, 5.74) is 5.07. The second kappa shape index (κ2) is 6.44. The molecule has 2 atom stereocenters. The molecule has 116 valence electrons. The van der Waals surface area contributed by atoms with Gasteiger partial charge in [0.25, 0.3) is 0 Å². The Kier molecular flexibility index (Phi) is 5.08. The van der Waals surface area contributed by atoms with Crippen molar-refractivity contribution in [3.05, 3.63) is 0 Å². The maximum Gasteiger partial charge on any atom is 0.237 e. The van der Waals surface area contributed by atoms with Crippen LogP contribution in [0.4, 0.5) is 0 Å². The number of nitrogens with two attached hydrogens (primary N) is 1. The van der Waals surface area contributed by atoms with Crippen molar-refractivity contribution in [2.45, 2.75) is 76.4 Å². The molecule has 2 unspecified atom stereocenters. The maximum absolute atomic E-state index is 11.8. The molecule has 1 amide bonds. The summed E-state index contributed by atoms with van der Waals surface area (Å²) in [6.45, 7) is 5.33. The molecule has 0 aromatic heterocycles. The van der Waals surface area contributed by atoms with Gasteiger partial charge in [-0.1, -0.05) is 12.8 Å². The largest absolute Gasteiger partial charge is 0.368 e. The molecule has 4 heteroatoms. The van der Waals surface area contributed by atoms with E-state index in [1.165, 1.54) is 38.5 Å². The Bertz CT molecular complexity index is 337. The van der Waals surface area contributed by atoms with Crippen LogP contribution in [0.25, 0.3) is 0 Å². The molecular formula is C16H31N3O. The van der Waals surface area contributed by atoms with E-state index in [4.69, 9.17) is 5.73 Å². The topological polar surface area (TPSA) is 58.4 Å². The number of rotatable bonds is 8. The van der Waals surface area contributed by atoms with Crippen LogP contribution in [0.3, 0.4) is 0 Å². The van der Waals surface area contributed by atoms with Crippen molar-refractivity contribution in [1.29, 1.82) is 0 Å². The zero-order chi connectivity index (χ0) is 14.8. The Labute approximate surface area is 123 Å². The summed E-state index contributed by atoms with van der Waals surface area (Å²) in [6.07, 6.45) is 8.64. The van der Waals surface area contributed by atoms with Crippen LogP contribution < -0.4 is 11.1 Å². The van der Waals surface area contributed by atoms with Gasteiger partial charge in [-0.15, -0.1) is 0 Å². The number of amides is 1. The molecule has 3 N–H and O–H groups in total. The molecule has 0 aliphatic heterocycles. The summed E-state index contributed by atoms with van der Waals surface area (Å²) < 4.78 is 0. The molecule has 4 nitrogen and oxygen atoms in total. The highest BCUT2D eigenvalue weighted by atomic mass is 16.1. The molecule has 0 heterocycles. The van der Waals surface area contributed by atoms with Crippen LogP contribution in [0.15, 0.2) is 0 Å². The molecule has 2 saturated carbocycles. The molecule has 0 aromatic rings. The van der Waals surface area contributed by atoms with E-state index in [-0.39, 0.29) is 5.91 Å². The third-order valence-corrected chi connectivity index (χ3v) is 5.12. The molecule has 20 heavy (non-hydrogen) atoms. The molecule has 0 bridgehead atoms.